The van der Waals surface area contributed by atoms with Gasteiger partial charge in [-0.2, -0.15) is 15.3 Å². The van der Waals surface area contributed by atoms with E-state index in [-0.39, 0.29) is 0 Å². The van der Waals surface area contributed by atoms with Gasteiger partial charge in [-0.3, -0.25) is 0 Å². The molecule has 0 bridgehead atoms. The fourth-order valence-electron chi connectivity index (χ4n) is 2.58. The van der Waals surface area contributed by atoms with Crippen LogP contribution in [0.3, 0.4) is 0 Å². The summed E-state index contributed by atoms with van der Waals surface area (Å²) >= 11 is 0. The summed E-state index contributed by atoms with van der Waals surface area (Å²) in [7, 11) is 0. The predicted octanol–water partition coefficient (Wildman–Crippen LogP) is 0.864. The highest BCUT2D eigenvalue weighted by Gasteiger charge is 2.25. The van der Waals surface area contributed by atoms with Crippen molar-refractivity contribution in [3.05, 3.63) is 34.9 Å². The van der Waals surface area contributed by atoms with Crippen LogP contribution in [0.15, 0.2) is 0 Å². The second-order valence-electron chi connectivity index (χ2n) is 5.30. The topological polar surface area (TPSA) is 92.1 Å². The van der Waals surface area contributed by atoms with E-state index in [2.05, 4.69) is 30.2 Å². The van der Waals surface area contributed by atoms with Crippen LogP contribution in [0.2, 0.25) is 0 Å². The summed E-state index contributed by atoms with van der Waals surface area (Å²) in [6.45, 7) is 11.3. The molecule has 3 aromatic heterocycles. The molecule has 0 radical (unpaired) electrons. The lowest BCUT2D eigenvalue weighted by Crippen LogP contribution is -2.31. The zero-order valence-corrected chi connectivity index (χ0v) is 13.6. The van der Waals surface area contributed by atoms with Gasteiger partial charge in [-0.25, -0.2) is 29.0 Å². The Morgan fingerprint density at radius 3 is 1.00 bits per heavy atom. The molecule has 3 heterocycles. The summed E-state index contributed by atoms with van der Waals surface area (Å²) in [6, 6.07) is 0. The number of nitrogens with zero attached hydrogens (tertiary/aromatic N) is 9. The van der Waals surface area contributed by atoms with Crippen molar-refractivity contribution in [3.63, 3.8) is 0 Å². The maximum atomic E-state index is 4.49. The molecule has 0 amide bonds. The monoisotopic (exact) mass is 301 g/mol. The third-order valence-corrected chi connectivity index (χ3v) is 3.38. The highest BCUT2D eigenvalue weighted by atomic mass is 15.6. The van der Waals surface area contributed by atoms with E-state index in [4.69, 9.17) is 0 Å². The molecule has 0 aliphatic heterocycles. The van der Waals surface area contributed by atoms with Crippen LogP contribution in [0.25, 0.3) is 0 Å². The van der Waals surface area contributed by atoms with E-state index in [1.807, 2.05) is 41.5 Å². The third-order valence-electron chi connectivity index (χ3n) is 3.38. The molecule has 9 nitrogen and oxygen atoms in total. The lowest BCUT2D eigenvalue weighted by Gasteiger charge is -2.20. The molecule has 0 aromatic carbocycles. The van der Waals surface area contributed by atoms with E-state index in [1.165, 1.54) is 0 Å². The van der Waals surface area contributed by atoms with Gasteiger partial charge in [-0.15, -0.1) is 0 Å². The zero-order chi connectivity index (χ0) is 16.0. The van der Waals surface area contributed by atoms with E-state index >= 15 is 0 Å². The number of rotatable bonds is 3. The Balaban J connectivity index is 2.25. The van der Waals surface area contributed by atoms with Gasteiger partial charge < -0.3 is 0 Å². The van der Waals surface area contributed by atoms with Crippen LogP contribution in [-0.4, -0.2) is 44.3 Å². The normalized spacial score (nSPS) is 11.6. The minimum absolute atomic E-state index is 0.413. The van der Waals surface area contributed by atoms with Crippen LogP contribution in [0.1, 0.15) is 41.2 Å². The van der Waals surface area contributed by atoms with Crippen molar-refractivity contribution in [2.45, 2.75) is 47.8 Å². The average Bonchev–Trinajstić information content (AvgIpc) is 3.02. The Kier molecular flexibility index (Phi) is 3.27. The van der Waals surface area contributed by atoms with Crippen LogP contribution in [-0.2, 0) is 0 Å². The zero-order valence-electron chi connectivity index (χ0n) is 13.6. The minimum Gasteiger partial charge on any atom is -0.217 e. The van der Waals surface area contributed by atoms with Gasteiger partial charge in [0.2, 0.25) is 6.29 Å². The van der Waals surface area contributed by atoms with Gasteiger partial charge in [0.25, 0.3) is 0 Å². The van der Waals surface area contributed by atoms with Gasteiger partial charge in [-0.1, -0.05) is 0 Å². The summed E-state index contributed by atoms with van der Waals surface area (Å²) in [4.78, 5) is 13.2. The summed E-state index contributed by atoms with van der Waals surface area (Å²) in [5.74, 6) is 4.44. The molecular weight excluding hydrogens is 282 g/mol. The first-order chi connectivity index (χ1) is 10.4. The largest absolute Gasteiger partial charge is 0.243 e. The molecule has 116 valence electrons. The van der Waals surface area contributed by atoms with Crippen molar-refractivity contribution >= 4 is 0 Å². The Morgan fingerprint density at radius 1 is 0.545 bits per heavy atom. The first kappa shape index (κ1) is 14.4. The lowest BCUT2D eigenvalue weighted by molar-refractivity contribution is 0.266. The second kappa shape index (κ2) is 5.00. The maximum absolute atomic E-state index is 4.49. The van der Waals surface area contributed by atoms with Crippen molar-refractivity contribution in [1.82, 2.24) is 44.3 Å². The van der Waals surface area contributed by atoms with Gasteiger partial charge >= 0.3 is 0 Å². The van der Waals surface area contributed by atoms with Gasteiger partial charge in [-0.05, 0) is 41.5 Å². The number of hydrogen-bond acceptors (Lipinski definition) is 6. The summed E-state index contributed by atoms with van der Waals surface area (Å²) in [5.41, 5.74) is 0. The van der Waals surface area contributed by atoms with E-state index in [9.17, 15) is 0 Å². The third kappa shape index (κ3) is 2.28. The molecule has 0 N–H and O–H groups in total. The van der Waals surface area contributed by atoms with Gasteiger partial charge in [0.1, 0.15) is 34.9 Å². The van der Waals surface area contributed by atoms with E-state index in [1.54, 1.807) is 14.0 Å². The number of aromatic nitrogens is 9. The van der Waals surface area contributed by atoms with Gasteiger partial charge in [0, 0.05) is 0 Å². The number of aryl methyl sites for hydroxylation is 6. The Bertz CT molecular complexity index is 713. The first-order valence-electron chi connectivity index (χ1n) is 7.06. The smallest absolute Gasteiger partial charge is 0.217 e. The van der Waals surface area contributed by atoms with Gasteiger partial charge in [0.15, 0.2) is 0 Å². The molecule has 22 heavy (non-hydrogen) atoms. The SMILES string of the molecule is Cc1nc(C)n(C(n2nc(C)nc2C)n2nc(C)nc2C)n1. The van der Waals surface area contributed by atoms with E-state index < -0.39 is 6.29 Å². The van der Waals surface area contributed by atoms with Crippen LogP contribution in [0, 0.1) is 41.5 Å². The van der Waals surface area contributed by atoms with Crippen molar-refractivity contribution in [2.24, 2.45) is 0 Å². The molecule has 3 aromatic rings. The van der Waals surface area contributed by atoms with Crippen LogP contribution < -0.4 is 0 Å². The predicted molar refractivity (Wildman–Crippen MR) is 78.3 cm³/mol. The molecule has 0 unspecified atom stereocenters. The molecule has 0 aliphatic rings. The fourth-order valence-corrected chi connectivity index (χ4v) is 2.58. The average molecular weight is 301 g/mol. The Hall–Kier alpha value is -2.58. The number of hydrogen-bond donors (Lipinski definition) is 0. The van der Waals surface area contributed by atoms with Crippen LogP contribution in [0.4, 0.5) is 0 Å². The van der Waals surface area contributed by atoms with Crippen molar-refractivity contribution in [1.29, 1.82) is 0 Å². The summed E-state index contributed by atoms with van der Waals surface area (Å²) < 4.78 is 5.37. The summed E-state index contributed by atoms with van der Waals surface area (Å²) in [6.07, 6.45) is -0.413. The van der Waals surface area contributed by atoms with Crippen molar-refractivity contribution in [2.75, 3.05) is 0 Å². The molecule has 0 fully saturated rings. The fraction of sp³-hybridized carbons (Fsp3) is 0.538. The van der Waals surface area contributed by atoms with Gasteiger partial charge in [0.05, 0.1) is 0 Å². The minimum atomic E-state index is -0.413. The summed E-state index contributed by atoms with van der Waals surface area (Å²) in [5, 5.41) is 13.5. The van der Waals surface area contributed by atoms with Crippen LogP contribution in [0.5, 0.6) is 0 Å². The molecule has 3 rings (SSSR count). The molecular formula is C13H19N9. The highest BCUT2D eigenvalue weighted by Crippen LogP contribution is 2.17. The van der Waals surface area contributed by atoms with Crippen molar-refractivity contribution in [3.8, 4) is 0 Å². The molecule has 0 spiro atoms. The molecule has 0 atom stereocenters. The molecule has 0 saturated carbocycles. The quantitative estimate of drug-likeness (QED) is 0.712. The molecule has 9 heteroatoms. The van der Waals surface area contributed by atoms with E-state index in [0.717, 1.165) is 17.5 Å². The standard InChI is InChI=1S/C13H19N9/c1-7-14-10(4)20(17-7)13(21-11(5)15-8(2)18-21)22-12(6)16-9(3)19-22/h13H,1-6H3. The maximum Gasteiger partial charge on any atom is 0.243 e. The first-order valence-corrected chi connectivity index (χ1v) is 7.06. The van der Waals surface area contributed by atoms with Crippen LogP contribution >= 0.6 is 0 Å². The van der Waals surface area contributed by atoms with E-state index in [0.29, 0.717) is 17.5 Å². The molecule has 0 aliphatic carbocycles. The van der Waals surface area contributed by atoms with Crippen molar-refractivity contribution < 1.29 is 0 Å². The second-order valence-corrected chi connectivity index (χ2v) is 5.30. The highest BCUT2D eigenvalue weighted by molar-refractivity contribution is 4.98. The Labute approximate surface area is 128 Å². The Morgan fingerprint density at radius 2 is 0.818 bits per heavy atom. The lowest BCUT2D eigenvalue weighted by atomic mass is 10.6. The molecule has 0 saturated heterocycles.